The van der Waals surface area contributed by atoms with Crippen molar-refractivity contribution < 1.29 is 9.47 Å². The third-order valence-corrected chi connectivity index (χ3v) is 3.55. The summed E-state index contributed by atoms with van der Waals surface area (Å²) in [6, 6.07) is 3.94. The average molecular weight is 290 g/mol. The number of anilines is 2. The molecule has 0 fully saturated rings. The van der Waals surface area contributed by atoms with E-state index in [-0.39, 0.29) is 0 Å². The van der Waals surface area contributed by atoms with Crippen molar-refractivity contribution in [3.05, 3.63) is 12.1 Å². The summed E-state index contributed by atoms with van der Waals surface area (Å²) in [6.45, 7) is 4.25. The van der Waals surface area contributed by atoms with Gasteiger partial charge in [0.05, 0.1) is 19.7 Å². The first-order valence-corrected chi connectivity index (χ1v) is 7.08. The molecule has 6 nitrogen and oxygen atoms in total. The molecule has 0 atom stereocenters. The molecule has 3 N–H and O–H groups in total. The quantitative estimate of drug-likeness (QED) is 0.851. The van der Waals surface area contributed by atoms with Crippen molar-refractivity contribution in [2.75, 3.05) is 25.3 Å². The zero-order valence-electron chi connectivity index (χ0n) is 12.9. The Morgan fingerprint density at radius 1 is 1.10 bits per heavy atom. The van der Waals surface area contributed by atoms with Gasteiger partial charge in [-0.2, -0.15) is 4.98 Å². The van der Waals surface area contributed by atoms with Crippen LogP contribution >= 0.6 is 0 Å². The van der Waals surface area contributed by atoms with E-state index in [2.05, 4.69) is 29.1 Å². The summed E-state index contributed by atoms with van der Waals surface area (Å²) in [5, 5.41) is 4.06. The van der Waals surface area contributed by atoms with Crippen molar-refractivity contribution in [2.45, 2.75) is 32.7 Å². The smallest absolute Gasteiger partial charge is 0.225 e. The first kappa shape index (κ1) is 15.2. The van der Waals surface area contributed by atoms with E-state index in [4.69, 9.17) is 15.2 Å². The summed E-state index contributed by atoms with van der Waals surface area (Å²) in [6.07, 6.45) is 2.01. The first-order chi connectivity index (χ1) is 10.1. The highest BCUT2D eigenvalue weighted by molar-refractivity contribution is 5.91. The van der Waals surface area contributed by atoms with E-state index in [1.54, 1.807) is 20.3 Å². The summed E-state index contributed by atoms with van der Waals surface area (Å²) in [5.41, 5.74) is 6.77. The van der Waals surface area contributed by atoms with Crippen LogP contribution in [0.25, 0.3) is 10.9 Å². The topological polar surface area (TPSA) is 82.3 Å². The average Bonchev–Trinajstić information content (AvgIpc) is 2.51. The molecule has 0 saturated carbocycles. The molecule has 0 aliphatic rings. The zero-order valence-corrected chi connectivity index (χ0v) is 12.9. The normalized spacial score (nSPS) is 10.9. The lowest BCUT2D eigenvalue weighted by atomic mass is 10.2. The SMILES string of the molecule is CCC(CC)Nc1nc(N)c2cc(OC)c(OC)cc2n1. The summed E-state index contributed by atoms with van der Waals surface area (Å²) < 4.78 is 10.6. The number of nitrogens with two attached hydrogens (primary N) is 1. The number of methoxy groups -OCH3 is 2. The Morgan fingerprint density at radius 3 is 2.29 bits per heavy atom. The highest BCUT2D eigenvalue weighted by Crippen LogP contribution is 2.33. The number of hydrogen-bond donors (Lipinski definition) is 2. The third kappa shape index (κ3) is 3.09. The number of nitrogens with zero attached hydrogens (tertiary/aromatic N) is 2. The minimum Gasteiger partial charge on any atom is -0.493 e. The molecular formula is C15H22N4O2. The summed E-state index contributed by atoms with van der Waals surface area (Å²) >= 11 is 0. The largest absolute Gasteiger partial charge is 0.493 e. The van der Waals surface area contributed by atoms with Crippen molar-refractivity contribution >= 4 is 22.7 Å². The van der Waals surface area contributed by atoms with Crippen LogP contribution in [0.5, 0.6) is 11.5 Å². The number of rotatable bonds is 6. The van der Waals surface area contributed by atoms with Crippen LogP contribution in [0.4, 0.5) is 11.8 Å². The van der Waals surface area contributed by atoms with Crippen molar-refractivity contribution in [3.63, 3.8) is 0 Å². The fraction of sp³-hybridized carbons (Fsp3) is 0.467. The van der Waals surface area contributed by atoms with Gasteiger partial charge < -0.3 is 20.5 Å². The predicted octanol–water partition coefficient (Wildman–Crippen LogP) is 2.83. The number of nitrogen functional groups attached to an aromatic ring is 1. The summed E-state index contributed by atoms with van der Waals surface area (Å²) in [5.74, 6) is 2.20. The van der Waals surface area contributed by atoms with Crippen molar-refractivity contribution in [2.24, 2.45) is 0 Å². The molecule has 0 saturated heterocycles. The maximum absolute atomic E-state index is 6.04. The van der Waals surface area contributed by atoms with Gasteiger partial charge in [-0.1, -0.05) is 13.8 Å². The van der Waals surface area contributed by atoms with Crippen LogP contribution < -0.4 is 20.5 Å². The lowest BCUT2D eigenvalue weighted by Gasteiger charge is -2.16. The highest BCUT2D eigenvalue weighted by Gasteiger charge is 2.13. The summed E-state index contributed by atoms with van der Waals surface area (Å²) in [7, 11) is 3.18. The number of nitrogens with one attached hydrogen (secondary N) is 1. The van der Waals surface area contributed by atoms with Crippen molar-refractivity contribution in [3.8, 4) is 11.5 Å². The van der Waals surface area contributed by atoms with Crippen LogP contribution in [-0.2, 0) is 0 Å². The van der Waals surface area contributed by atoms with Gasteiger partial charge in [-0.15, -0.1) is 0 Å². The van der Waals surface area contributed by atoms with Gasteiger partial charge in [0.2, 0.25) is 5.95 Å². The number of aromatic nitrogens is 2. The molecule has 0 unspecified atom stereocenters. The Bertz CT molecular complexity index is 627. The first-order valence-electron chi connectivity index (χ1n) is 7.08. The lowest BCUT2D eigenvalue weighted by Crippen LogP contribution is -2.19. The monoisotopic (exact) mass is 290 g/mol. The summed E-state index contributed by atoms with van der Waals surface area (Å²) in [4.78, 5) is 8.85. The van der Waals surface area contributed by atoms with Gasteiger partial charge in [-0.3, -0.25) is 0 Å². The third-order valence-electron chi connectivity index (χ3n) is 3.55. The van der Waals surface area contributed by atoms with Gasteiger partial charge in [0.15, 0.2) is 11.5 Å². The fourth-order valence-electron chi connectivity index (χ4n) is 2.22. The number of benzene rings is 1. The van der Waals surface area contributed by atoms with E-state index in [0.29, 0.717) is 29.3 Å². The molecule has 0 aliphatic carbocycles. The van der Waals surface area contributed by atoms with Crippen LogP contribution in [0.1, 0.15) is 26.7 Å². The molecule has 1 aromatic carbocycles. The van der Waals surface area contributed by atoms with E-state index in [9.17, 15) is 0 Å². The molecule has 6 heteroatoms. The van der Waals surface area contributed by atoms with E-state index in [0.717, 1.165) is 23.7 Å². The molecule has 0 radical (unpaired) electrons. The maximum Gasteiger partial charge on any atom is 0.225 e. The van der Waals surface area contributed by atoms with Gasteiger partial charge in [-0.05, 0) is 18.9 Å². The molecule has 2 aromatic rings. The number of hydrogen-bond acceptors (Lipinski definition) is 6. The Morgan fingerprint density at radius 2 is 1.71 bits per heavy atom. The Balaban J connectivity index is 2.49. The van der Waals surface area contributed by atoms with Crippen molar-refractivity contribution in [1.82, 2.24) is 9.97 Å². The molecule has 0 aliphatic heterocycles. The van der Waals surface area contributed by atoms with Gasteiger partial charge in [0.25, 0.3) is 0 Å². The molecule has 0 spiro atoms. The van der Waals surface area contributed by atoms with Gasteiger partial charge in [0.1, 0.15) is 5.82 Å². The van der Waals surface area contributed by atoms with Crippen LogP contribution in [0.15, 0.2) is 12.1 Å². The molecule has 0 bridgehead atoms. The molecule has 21 heavy (non-hydrogen) atoms. The molecule has 0 amide bonds. The molecule has 1 aromatic heterocycles. The van der Waals surface area contributed by atoms with E-state index < -0.39 is 0 Å². The van der Waals surface area contributed by atoms with Crippen LogP contribution in [0, 0.1) is 0 Å². The van der Waals surface area contributed by atoms with Crippen molar-refractivity contribution in [1.29, 1.82) is 0 Å². The minimum absolute atomic E-state index is 0.335. The van der Waals surface area contributed by atoms with Gasteiger partial charge >= 0.3 is 0 Å². The lowest BCUT2D eigenvalue weighted by molar-refractivity contribution is 0.356. The molecular weight excluding hydrogens is 268 g/mol. The second-order valence-electron chi connectivity index (χ2n) is 4.81. The molecule has 114 valence electrons. The maximum atomic E-state index is 6.04. The second-order valence-corrected chi connectivity index (χ2v) is 4.81. The van der Waals surface area contributed by atoms with E-state index in [1.165, 1.54) is 0 Å². The Labute approximate surface area is 124 Å². The zero-order chi connectivity index (χ0) is 15.4. The van der Waals surface area contributed by atoms with Crippen LogP contribution in [0.3, 0.4) is 0 Å². The predicted molar refractivity (Wildman–Crippen MR) is 85.0 cm³/mol. The Hall–Kier alpha value is -2.24. The van der Waals surface area contributed by atoms with E-state index in [1.807, 2.05) is 6.07 Å². The fourth-order valence-corrected chi connectivity index (χ4v) is 2.22. The van der Waals surface area contributed by atoms with Gasteiger partial charge in [0, 0.05) is 17.5 Å². The van der Waals surface area contributed by atoms with E-state index >= 15 is 0 Å². The molecule has 2 rings (SSSR count). The van der Waals surface area contributed by atoms with Crippen LogP contribution in [0.2, 0.25) is 0 Å². The number of ether oxygens (including phenoxy) is 2. The van der Waals surface area contributed by atoms with Crippen LogP contribution in [-0.4, -0.2) is 30.2 Å². The highest BCUT2D eigenvalue weighted by atomic mass is 16.5. The number of fused-ring (bicyclic) bond motifs is 1. The minimum atomic E-state index is 0.335. The standard InChI is InChI=1S/C15H22N4O2/c1-5-9(6-2)17-15-18-11-8-13(21-4)12(20-3)7-10(11)14(16)19-15/h7-9H,5-6H2,1-4H3,(H3,16,17,18,19). The van der Waals surface area contributed by atoms with Gasteiger partial charge in [-0.25, -0.2) is 4.98 Å². The second kappa shape index (κ2) is 6.47. The molecule has 1 heterocycles. The Kier molecular flexibility index (Phi) is 4.67.